The summed E-state index contributed by atoms with van der Waals surface area (Å²) in [6, 6.07) is 9.74. The Labute approximate surface area is 660 Å². The molecule has 0 heterocycles. The Bertz CT molecular complexity index is 4050. The quantitative estimate of drug-likeness (QED) is 0.0216. The van der Waals surface area contributed by atoms with E-state index >= 15 is 52.7 Å². The molecule has 3 nitrogen and oxygen atoms in total. The number of hydrogen-bond donors (Lipinski definition) is 0. The van der Waals surface area contributed by atoms with Crippen LogP contribution in [0.2, 0.25) is 0 Å². The van der Waals surface area contributed by atoms with Crippen LogP contribution in [-0.2, 0) is 68.7 Å². The van der Waals surface area contributed by atoms with Crippen LogP contribution in [0.15, 0.2) is 131 Å². The average molecular weight is 1680 g/mol. The summed E-state index contributed by atoms with van der Waals surface area (Å²) in [6.07, 6.45) is -20.4. The van der Waals surface area contributed by atoms with Gasteiger partial charge in [0.05, 0.1) is 49.4 Å². The lowest BCUT2D eigenvalue weighted by Crippen LogP contribution is -2.38. The van der Waals surface area contributed by atoms with Gasteiger partial charge in [-0.2, -0.15) is 105 Å². The van der Waals surface area contributed by atoms with Crippen LogP contribution in [-0.4, -0.2) is 7.32 Å². The van der Waals surface area contributed by atoms with Crippen LogP contribution < -0.4 is 14.0 Å². The predicted molar refractivity (Wildman–Crippen MR) is 400 cm³/mol. The fourth-order valence-corrected chi connectivity index (χ4v) is 15.0. The van der Waals surface area contributed by atoms with Crippen LogP contribution in [0.4, 0.5) is 105 Å². The molecule has 0 saturated carbocycles. The van der Waals surface area contributed by atoms with Crippen LogP contribution in [0.1, 0.15) is 275 Å². The van der Waals surface area contributed by atoms with Crippen molar-refractivity contribution in [2.24, 2.45) is 0 Å². The second-order valence-corrected chi connectivity index (χ2v) is 30.2. The minimum absolute atomic E-state index is 0.159. The highest BCUT2D eigenvalue weighted by atomic mass is 32.2. The summed E-state index contributed by atoms with van der Waals surface area (Å²) in [4.78, 5) is -3.54. The van der Waals surface area contributed by atoms with E-state index in [0.717, 1.165) is 203 Å². The molecule has 0 aliphatic carbocycles. The van der Waals surface area contributed by atoms with Crippen molar-refractivity contribution in [1.82, 2.24) is 0 Å². The van der Waals surface area contributed by atoms with Gasteiger partial charge in [0.1, 0.15) is 17.2 Å². The van der Waals surface area contributed by atoms with Crippen molar-refractivity contribution in [2.45, 2.75) is 292 Å². The van der Waals surface area contributed by atoms with Gasteiger partial charge < -0.3 is 14.0 Å². The molecule has 0 aromatic heterocycles. The highest BCUT2D eigenvalue weighted by Crippen LogP contribution is 2.60. The van der Waals surface area contributed by atoms with Crippen molar-refractivity contribution in [3.05, 3.63) is 183 Å². The normalized spacial score (nSPS) is 12.8. The molecule has 0 amide bonds. The van der Waals surface area contributed by atoms with E-state index < -0.39 is 192 Å². The zero-order valence-electron chi connectivity index (χ0n) is 64.2. The number of rotatable bonds is 44. The first-order valence-corrected chi connectivity index (χ1v) is 40.1. The second kappa shape index (κ2) is 42.9. The third-order valence-corrected chi connectivity index (χ3v) is 21.0. The Kier molecular flexibility index (Phi) is 35.4. The van der Waals surface area contributed by atoms with Crippen LogP contribution in [0.3, 0.4) is 0 Å². The molecule has 7 aromatic rings. The molecular formula is C86H95BF24O3S. The van der Waals surface area contributed by atoms with Crippen molar-refractivity contribution in [1.29, 1.82) is 0 Å². The fourth-order valence-electron chi connectivity index (χ4n) is 13.9. The van der Waals surface area contributed by atoms with Crippen LogP contribution >= 0.6 is 11.8 Å². The lowest BCUT2D eigenvalue weighted by Gasteiger charge is -2.30. The molecule has 0 fully saturated rings. The number of benzene rings is 7. The third-order valence-electron chi connectivity index (χ3n) is 19.9. The van der Waals surface area contributed by atoms with E-state index in [1.165, 1.54) is 24.3 Å². The third kappa shape index (κ3) is 29.6. The first-order valence-electron chi connectivity index (χ1n) is 39.3. The topological polar surface area (TPSA) is 27.7 Å². The molecule has 7 rings (SSSR count). The van der Waals surface area contributed by atoms with Gasteiger partial charge in [-0.1, -0.05) is 279 Å². The number of hydrogen-bond acceptors (Lipinski definition) is 4. The monoisotopic (exact) mass is 1670 g/mol. The molecule has 115 heavy (non-hydrogen) atoms. The van der Waals surface area contributed by atoms with E-state index in [2.05, 4.69) is 20.8 Å². The maximum atomic E-state index is 17.2. The molecule has 7 aromatic carbocycles. The molecule has 0 saturated heterocycles. The highest BCUT2D eigenvalue weighted by molar-refractivity contribution is 7.99. The molecule has 0 spiro atoms. The lowest BCUT2D eigenvalue weighted by molar-refractivity contribution is -0.145. The molecular weight excluding hydrogens is 1580 g/mol. The summed E-state index contributed by atoms with van der Waals surface area (Å²) in [5.41, 5.74) is -25.3. The van der Waals surface area contributed by atoms with Gasteiger partial charge in [-0.3, -0.25) is 0 Å². The number of halogens is 24. The Morgan fingerprint density at radius 3 is 0.878 bits per heavy atom. The van der Waals surface area contributed by atoms with Crippen molar-refractivity contribution < 1.29 is 119 Å². The highest BCUT2D eigenvalue weighted by Gasteiger charge is 2.51. The molecule has 0 radical (unpaired) electrons. The lowest BCUT2D eigenvalue weighted by atomic mass is 9.85. The van der Waals surface area contributed by atoms with Gasteiger partial charge >= 0.3 is 56.7 Å². The largest absolute Gasteiger partial charge is 0.864 e. The Morgan fingerprint density at radius 2 is 0.565 bits per heavy atom. The van der Waals surface area contributed by atoms with E-state index in [1.807, 2.05) is 0 Å². The van der Waals surface area contributed by atoms with Crippen LogP contribution in [0.5, 0.6) is 17.2 Å². The molecule has 29 heteroatoms. The average Bonchev–Trinajstić information content (AvgIpc) is 0.715. The second-order valence-electron chi connectivity index (χ2n) is 29.2. The summed E-state index contributed by atoms with van der Waals surface area (Å²) in [5.74, 6) is -5.82. The minimum atomic E-state index is -6.37. The van der Waals surface area contributed by atoms with E-state index in [1.54, 1.807) is 0 Å². The first kappa shape index (κ1) is 94.8. The molecule has 0 atom stereocenters. The summed E-state index contributed by atoms with van der Waals surface area (Å²) in [7, 11) is -3.87. The SMILES string of the molecule is CCCCCCCCCCCCc1ccc(-c2c(OB(Oc3cc(C(F)(F)F)cc(C(F)(F)F)c3)Oc3c(Sc4cc(C(F)(F)F)cc(C(F)(F)F)c4)c(C(F)(F)F)c(-c4ccc(CCCCCCCCCCCC)cc4)c(C(F)(F)F)c3-c3ccc(CCCCCCCCCCCC)cc3)cc(C(F)(F)F)cc2C(F)(F)F)cc1. The molecule has 634 valence electrons. The van der Waals surface area contributed by atoms with Crippen molar-refractivity contribution in [3.8, 4) is 50.6 Å². The van der Waals surface area contributed by atoms with Gasteiger partial charge in [0.25, 0.3) is 0 Å². The van der Waals surface area contributed by atoms with E-state index in [0.29, 0.717) is 55.2 Å². The molecule has 0 aliphatic rings. The number of unbranched alkanes of at least 4 members (excludes halogenated alkanes) is 27. The van der Waals surface area contributed by atoms with Crippen molar-refractivity contribution in [2.75, 3.05) is 0 Å². The van der Waals surface area contributed by atoms with E-state index in [-0.39, 0.29) is 49.6 Å². The Morgan fingerprint density at radius 1 is 0.270 bits per heavy atom. The van der Waals surface area contributed by atoms with Gasteiger partial charge in [0, 0.05) is 21.6 Å². The minimum Gasteiger partial charge on any atom is -0.490 e. The van der Waals surface area contributed by atoms with Gasteiger partial charge in [-0.15, -0.1) is 0 Å². The number of aryl methyl sites for hydroxylation is 3. The van der Waals surface area contributed by atoms with Crippen LogP contribution in [0.25, 0.3) is 33.4 Å². The van der Waals surface area contributed by atoms with Gasteiger partial charge in [-0.05, 0) is 120 Å². The Balaban J connectivity index is 1.57. The zero-order valence-corrected chi connectivity index (χ0v) is 65.0. The maximum absolute atomic E-state index is 17.2. The summed E-state index contributed by atoms with van der Waals surface area (Å²) in [5, 5.41) is 0. The molecule has 0 bridgehead atoms. The molecule has 0 N–H and O–H groups in total. The maximum Gasteiger partial charge on any atom is 0.864 e. The Hall–Kier alpha value is -7.33. The van der Waals surface area contributed by atoms with Crippen LogP contribution in [0, 0.1) is 0 Å². The van der Waals surface area contributed by atoms with Gasteiger partial charge in [-0.25, -0.2) is 0 Å². The number of alkyl halides is 24. The zero-order chi connectivity index (χ0) is 84.6. The summed E-state index contributed by atoms with van der Waals surface area (Å²) in [6.45, 7) is 6.22. The van der Waals surface area contributed by atoms with E-state index in [9.17, 15) is 52.7 Å². The van der Waals surface area contributed by atoms with Gasteiger partial charge in [0.15, 0.2) is 0 Å². The summed E-state index contributed by atoms with van der Waals surface area (Å²) < 4.78 is 392. The van der Waals surface area contributed by atoms with Crippen molar-refractivity contribution >= 4 is 19.1 Å². The standard InChI is InChI=1S/C86H95BF24O3S/c1-4-7-10-13-16-19-22-25-28-31-34-57-37-43-60(44-38-57)72-70(84(103,104)105)55-67(83(100,101)102)56-71(72)113-87(112-68-51-63(79(88,89)90)49-64(52-68)80(91,92)93)114-77-74(62-47-41-59(42-48-62)36-33-30-27-24-21-18-15-12-9-6-3)75(85(106,107)108)73(61-45-39-58(40-46-61)35-32-29-26-23-20-17-14-11-8-5-2)76(86(109,110)111)78(77)115-69-53-65(81(94,95)96)50-66(54-69)82(97,98)99/h37-56H,4-36H2,1-3H3. The molecule has 0 aliphatic heterocycles. The van der Waals surface area contributed by atoms with E-state index in [4.69, 9.17) is 14.0 Å². The first-order chi connectivity index (χ1) is 54.0. The summed E-state index contributed by atoms with van der Waals surface area (Å²) >= 11 is -0.807. The predicted octanol–water partition coefficient (Wildman–Crippen LogP) is 32.9. The van der Waals surface area contributed by atoms with Gasteiger partial charge in [0.2, 0.25) is 0 Å². The smallest absolute Gasteiger partial charge is 0.490 e. The van der Waals surface area contributed by atoms with Crippen molar-refractivity contribution in [3.63, 3.8) is 0 Å². The molecule has 0 unspecified atom stereocenters. The fraction of sp³-hybridized carbons (Fsp3) is 0.512.